The van der Waals surface area contributed by atoms with Crippen LogP contribution in [0, 0.1) is 0 Å². The largest absolute Gasteiger partial charge is 0.332 e. The summed E-state index contributed by atoms with van der Waals surface area (Å²) in [6.07, 6.45) is 10.4. The number of nitrogens with one attached hydrogen (secondary N) is 2. The molecule has 4 aromatic carbocycles. The molecule has 0 saturated carbocycles. The van der Waals surface area contributed by atoms with Gasteiger partial charge in [-0.3, -0.25) is 9.97 Å². The standard InChI is InChI=1S/C25H26N4S.C24H24N4S.2H2/c1-29(16-13-20-6-3-2-4-7-20)17-14-21-9-11-23(12-10-21)27-25-28-24(19-30-25)22-8-5-15-26-18-22;1-28(17-20-5-3-2-4-6-20)16-13-19-7-9-22(10-8-19)26-24-27-23(18-29-24)21-11-14-25-15-12-21;;/h2-12,15,18-19H,13-14,16-17H2,1H3,(H,27,28);2-12,14-15,18H,13,16-17H2,1H3,(H,26,27);2*1H. The van der Waals surface area contributed by atoms with Crippen molar-refractivity contribution in [3.05, 3.63) is 191 Å². The summed E-state index contributed by atoms with van der Waals surface area (Å²) in [6.45, 7) is 4.14. The molecule has 0 aliphatic rings. The van der Waals surface area contributed by atoms with Crippen LogP contribution in [0.4, 0.5) is 21.6 Å². The number of rotatable bonds is 17. The van der Waals surface area contributed by atoms with Crippen LogP contribution in [0.2, 0.25) is 0 Å². The van der Waals surface area contributed by atoms with Gasteiger partial charge in [0.1, 0.15) is 0 Å². The van der Waals surface area contributed by atoms with Crippen LogP contribution in [0.1, 0.15) is 25.1 Å². The fourth-order valence-electron chi connectivity index (χ4n) is 6.41. The third kappa shape index (κ3) is 13.2. The lowest BCUT2D eigenvalue weighted by atomic mass is 10.1. The molecule has 0 bridgehead atoms. The summed E-state index contributed by atoms with van der Waals surface area (Å²) in [7, 11) is 4.37. The van der Waals surface area contributed by atoms with E-state index in [1.165, 1.54) is 22.3 Å². The van der Waals surface area contributed by atoms with E-state index in [0.29, 0.717) is 0 Å². The first kappa shape index (κ1) is 41.1. The van der Waals surface area contributed by atoms with Crippen molar-refractivity contribution in [2.75, 3.05) is 44.4 Å². The zero-order chi connectivity index (χ0) is 40.5. The molecule has 8 rings (SSSR count). The molecule has 302 valence electrons. The smallest absolute Gasteiger partial charge is 0.187 e. The molecular formula is C49H54N8S2. The van der Waals surface area contributed by atoms with Crippen molar-refractivity contribution >= 4 is 44.3 Å². The molecule has 0 aliphatic heterocycles. The number of hydrogen-bond donors (Lipinski definition) is 2. The topological polar surface area (TPSA) is 82.1 Å². The van der Waals surface area contributed by atoms with Crippen molar-refractivity contribution in [1.82, 2.24) is 29.7 Å². The summed E-state index contributed by atoms with van der Waals surface area (Å²) in [5, 5.41) is 12.7. The molecule has 0 spiro atoms. The van der Waals surface area contributed by atoms with Gasteiger partial charge in [-0.1, -0.05) is 84.9 Å². The maximum atomic E-state index is 4.67. The van der Waals surface area contributed by atoms with Gasteiger partial charge < -0.3 is 20.4 Å². The molecule has 0 atom stereocenters. The number of aromatic nitrogens is 4. The van der Waals surface area contributed by atoms with E-state index in [2.05, 4.69) is 174 Å². The third-order valence-corrected chi connectivity index (χ3v) is 11.4. The van der Waals surface area contributed by atoms with Crippen molar-refractivity contribution in [1.29, 1.82) is 0 Å². The summed E-state index contributed by atoms with van der Waals surface area (Å²) < 4.78 is 0. The number of pyridine rings is 2. The molecule has 4 aromatic heterocycles. The molecule has 0 radical (unpaired) electrons. The SMILES string of the molecule is CN(CCc1ccc(Nc2nc(-c3ccncc3)cs2)cc1)Cc1ccccc1.CN(CCc1ccccc1)CCc1ccc(Nc2nc(-c3cccnc3)cs2)cc1.[HH].[HH]. The zero-order valence-corrected chi connectivity index (χ0v) is 35.2. The quantitative estimate of drug-likeness (QED) is 0.0940. The molecule has 0 unspecified atom stereocenters. The van der Waals surface area contributed by atoms with Crippen LogP contribution in [0.3, 0.4) is 0 Å². The first-order valence-electron chi connectivity index (χ1n) is 19.9. The van der Waals surface area contributed by atoms with Gasteiger partial charge in [0.05, 0.1) is 11.4 Å². The summed E-state index contributed by atoms with van der Waals surface area (Å²) in [5.74, 6) is 0. The lowest BCUT2D eigenvalue weighted by Crippen LogP contribution is -2.23. The van der Waals surface area contributed by atoms with Gasteiger partial charge in [-0.05, 0) is 104 Å². The summed E-state index contributed by atoms with van der Waals surface area (Å²) in [6, 6.07) is 46.5. The minimum Gasteiger partial charge on any atom is -0.332 e. The van der Waals surface area contributed by atoms with E-state index in [0.717, 1.165) is 89.6 Å². The highest BCUT2D eigenvalue weighted by Gasteiger charge is 2.08. The molecule has 0 aliphatic carbocycles. The van der Waals surface area contributed by atoms with Gasteiger partial charge in [-0.25, -0.2) is 9.97 Å². The maximum absolute atomic E-state index is 4.67. The zero-order valence-electron chi connectivity index (χ0n) is 33.6. The van der Waals surface area contributed by atoms with Crippen LogP contribution in [-0.2, 0) is 25.8 Å². The summed E-state index contributed by atoms with van der Waals surface area (Å²) in [5.41, 5.74) is 11.6. The molecule has 2 N–H and O–H groups in total. The number of anilines is 4. The van der Waals surface area contributed by atoms with Crippen LogP contribution in [0.5, 0.6) is 0 Å². The van der Waals surface area contributed by atoms with Crippen molar-refractivity contribution in [3.63, 3.8) is 0 Å². The number of benzene rings is 4. The van der Waals surface area contributed by atoms with Crippen LogP contribution in [0.15, 0.2) is 169 Å². The van der Waals surface area contributed by atoms with Crippen molar-refractivity contribution < 1.29 is 2.85 Å². The molecule has 0 fully saturated rings. The van der Waals surface area contributed by atoms with Gasteiger partial charge in [0.15, 0.2) is 10.3 Å². The Labute approximate surface area is 359 Å². The molecule has 8 aromatic rings. The van der Waals surface area contributed by atoms with Crippen LogP contribution < -0.4 is 10.6 Å². The van der Waals surface area contributed by atoms with Gasteiger partial charge in [0.2, 0.25) is 0 Å². The summed E-state index contributed by atoms with van der Waals surface area (Å²) in [4.78, 5) is 22.3. The predicted octanol–water partition coefficient (Wildman–Crippen LogP) is 11.8. The summed E-state index contributed by atoms with van der Waals surface area (Å²) >= 11 is 3.21. The Bertz CT molecular complexity index is 2400. The van der Waals surface area contributed by atoms with Gasteiger partial charge >= 0.3 is 0 Å². The monoisotopic (exact) mass is 818 g/mol. The van der Waals surface area contributed by atoms with E-state index in [1.807, 2.05) is 30.5 Å². The minimum atomic E-state index is 0. The second kappa shape index (κ2) is 21.6. The molecule has 8 nitrogen and oxygen atoms in total. The van der Waals surface area contributed by atoms with E-state index in [-0.39, 0.29) is 2.85 Å². The highest BCUT2D eigenvalue weighted by atomic mass is 32.1. The maximum Gasteiger partial charge on any atom is 0.187 e. The average molecular weight is 819 g/mol. The van der Waals surface area contributed by atoms with Crippen LogP contribution >= 0.6 is 22.7 Å². The van der Waals surface area contributed by atoms with Crippen molar-refractivity contribution in [2.24, 2.45) is 0 Å². The highest BCUT2D eigenvalue weighted by molar-refractivity contribution is 7.14. The first-order valence-corrected chi connectivity index (χ1v) is 21.7. The van der Waals surface area contributed by atoms with Gasteiger partial charge in [0, 0.05) is 87.1 Å². The van der Waals surface area contributed by atoms with Gasteiger partial charge in [-0.2, -0.15) is 0 Å². The van der Waals surface area contributed by atoms with Gasteiger partial charge in [0.25, 0.3) is 0 Å². The lowest BCUT2D eigenvalue weighted by Gasteiger charge is -2.16. The molecule has 0 amide bonds. The normalized spacial score (nSPS) is 11.0. The second-order valence-corrected chi connectivity index (χ2v) is 16.2. The number of hydrogen-bond acceptors (Lipinski definition) is 10. The van der Waals surface area contributed by atoms with Crippen LogP contribution in [-0.4, -0.2) is 63.5 Å². The molecule has 4 heterocycles. The average Bonchev–Trinajstić information content (AvgIpc) is 3.97. The molecular weight excluding hydrogens is 765 g/mol. The lowest BCUT2D eigenvalue weighted by molar-refractivity contribution is 0.331. The van der Waals surface area contributed by atoms with E-state index < -0.39 is 0 Å². The van der Waals surface area contributed by atoms with E-state index >= 15 is 0 Å². The van der Waals surface area contributed by atoms with Gasteiger partial charge in [-0.15, -0.1) is 22.7 Å². The Morgan fingerprint density at radius 1 is 0.475 bits per heavy atom. The van der Waals surface area contributed by atoms with Crippen molar-refractivity contribution in [2.45, 2.75) is 25.8 Å². The Hall–Kier alpha value is -6.04. The van der Waals surface area contributed by atoms with E-state index in [1.54, 1.807) is 41.3 Å². The Balaban J connectivity index is 0.000000224. The van der Waals surface area contributed by atoms with Crippen molar-refractivity contribution in [3.8, 4) is 22.5 Å². The third-order valence-electron chi connectivity index (χ3n) is 9.84. The van der Waals surface area contributed by atoms with E-state index in [9.17, 15) is 0 Å². The minimum absolute atomic E-state index is 0. The highest BCUT2D eigenvalue weighted by Crippen LogP contribution is 2.28. The number of thiazole rings is 2. The molecule has 0 saturated heterocycles. The van der Waals surface area contributed by atoms with Crippen LogP contribution in [0.25, 0.3) is 22.5 Å². The molecule has 10 heteroatoms. The van der Waals surface area contributed by atoms with E-state index in [4.69, 9.17) is 0 Å². The Morgan fingerprint density at radius 3 is 1.49 bits per heavy atom. The predicted molar refractivity (Wildman–Crippen MR) is 252 cm³/mol. The first-order chi connectivity index (χ1) is 29.0. The number of likely N-dealkylation sites (N-methyl/N-ethyl adjacent to an activating group) is 2. The molecule has 59 heavy (non-hydrogen) atoms. The number of nitrogens with zero attached hydrogens (tertiary/aromatic N) is 6. The second-order valence-electron chi connectivity index (χ2n) is 14.5. The Kier molecular flexibility index (Phi) is 15.1. The Morgan fingerprint density at radius 2 is 0.966 bits per heavy atom. The fourth-order valence-corrected chi connectivity index (χ4v) is 7.89. The fraction of sp³-hybridized carbons (Fsp3) is 0.184.